The molecular weight excluding hydrogens is 488 g/mol. The number of para-hydroxylation sites is 2. The Bertz CT molecular complexity index is 1560. The zero-order valence-corrected chi connectivity index (χ0v) is 22.8. The second-order valence-corrected chi connectivity index (χ2v) is 9.47. The van der Waals surface area contributed by atoms with Crippen LogP contribution in [0.5, 0.6) is 0 Å². The molecule has 6 heteroatoms. The summed E-state index contributed by atoms with van der Waals surface area (Å²) in [6, 6.07) is 26.0. The van der Waals surface area contributed by atoms with E-state index in [4.69, 9.17) is 18.9 Å². The Morgan fingerprint density at radius 2 is 1.38 bits per heavy atom. The van der Waals surface area contributed by atoms with Gasteiger partial charge < -0.3 is 23.5 Å². The number of hydrogen-bond donors (Lipinski definition) is 0. The molecular formula is C33H37N2O4+. The number of fused-ring (bicyclic) bond motifs is 4. The third kappa shape index (κ3) is 6.37. The second kappa shape index (κ2) is 13.5. The average Bonchev–Trinajstić information content (AvgIpc) is 3.29. The molecule has 5 aromatic rings. The van der Waals surface area contributed by atoms with Crippen LogP contribution in [0.15, 0.2) is 79.0 Å². The number of methoxy groups -OCH3 is 2. The second-order valence-electron chi connectivity index (χ2n) is 9.47. The molecule has 6 nitrogen and oxygen atoms in total. The number of pyridine rings is 1. The van der Waals surface area contributed by atoms with Gasteiger partial charge in [-0.1, -0.05) is 48.6 Å². The van der Waals surface area contributed by atoms with Crippen molar-refractivity contribution >= 4 is 44.9 Å². The normalized spacial score (nSPS) is 11.9. The lowest BCUT2D eigenvalue weighted by molar-refractivity contribution is -0.673. The number of rotatable bonds is 14. The van der Waals surface area contributed by atoms with Gasteiger partial charge in [-0.05, 0) is 35.4 Å². The molecule has 0 unspecified atom stereocenters. The van der Waals surface area contributed by atoms with Gasteiger partial charge in [-0.2, -0.15) is 4.57 Å². The first-order valence-corrected chi connectivity index (χ1v) is 13.5. The van der Waals surface area contributed by atoms with E-state index in [-0.39, 0.29) is 0 Å². The summed E-state index contributed by atoms with van der Waals surface area (Å²) in [5, 5.41) is 3.74. The third-order valence-corrected chi connectivity index (χ3v) is 7.01. The highest BCUT2D eigenvalue weighted by molar-refractivity contribution is 6.08. The van der Waals surface area contributed by atoms with Crippen LogP contribution in [-0.2, 0) is 32.0 Å². The highest BCUT2D eigenvalue weighted by Crippen LogP contribution is 2.30. The van der Waals surface area contributed by atoms with Crippen LogP contribution >= 0.6 is 0 Å². The van der Waals surface area contributed by atoms with E-state index >= 15 is 0 Å². The van der Waals surface area contributed by atoms with Gasteiger partial charge in [0.2, 0.25) is 5.52 Å². The predicted octanol–water partition coefficient (Wildman–Crippen LogP) is 5.73. The molecule has 2 heterocycles. The Hall–Kier alpha value is -3.55. The Labute approximate surface area is 230 Å². The highest BCUT2D eigenvalue weighted by atomic mass is 16.5. The third-order valence-electron chi connectivity index (χ3n) is 7.01. The molecule has 0 atom stereocenters. The fraction of sp³-hybridized carbons (Fsp3) is 0.303. The number of hydrogen-bond acceptors (Lipinski definition) is 4. The maximum atomic E-state index is 5.77. The van der Waals surface area contributed by atoms with Crippen molar-refractivity contribution in [2.45, 2.75) is 13.1 Å². The molecule has 0 fully saturated rings. The van der Waals surface area contributed by atoms with Gasteiger partial charge in [0.1, 0.15) is 6.61 Å². The molecule has 0 saturated carbocycles. The number of benzene rings is 3. The van der Waals surface area contributed by atoms with E-state index in [1.54, 1.807) is 14.2 Å². The minimum atomic E-state index is 0.610. The van der Waals surface area contributed by atoms with E-state index in [2.05, 4.69) is 100 Å². The molecule has 0 aliphatic heterocycles. The van der Waals surface area contributed by atoms with Crippen LogP contribution in [0.3, 0.4) is 0 Å². The zero-order valence-electron chi connectivity index (χ0n) is 22.8. The minimum Gasteiger partial charge on any atom is -0.382 e. The molecule has 2 aromatic heterocycles. The summed E-state index contributed by atoms with van der Waals surface area (Å²) in [6.07, 6.45) is 6.57. The molecule has 0 aliphatic carbocycles. The molecule has 0 N–H and O–H groups in total. The van der Waals surface area contributed by atoms with E-state index in [0.717, 1.165) is 13.1 Å². The van der Waals surface area contributed by atoms with Crippen molar-refractivity contribution in [3.8, 4) is 0 Å². The van der Waals surface area contributed by atoms with Crippen molar-refractivity contribution in [1.29, 1.82) is 0 Å². The summed E-state index contributed by atoms with van der Waals surface area (Å²) in [4.78, 5) is 0. The van der Waals surface area contributed by atoms with Crippen LogP contribution in [0.4, 0.5) is 0 Å². The predicted molar refractivity (Wildman–Crippen MR) is 158 cm³/mol. The molecule has 0 spiro atoms. The van der Waals surface area contributed by atoms with Crippen molar-refractivity contribution in [3.05, 3.63) is 90.1 Å². The summed E-state index contributed by atoms with van der Waals surface area (Å²) >= 11 is 0. The molecule has 202 valence electrons. The topological polar surface area (TPSA) is 45.7 Å². The SMILES string of the molecule is COCCOCCn1c2ccccc2c2cc(C=Cc3cc[n+](CCOCCOC)c4ccccc34)ccc21. The summed E-state index contributed by atoms with van der Waals surface area (Å²) in [5.74, 6) is 0. The summed E-state index contributed by atoms with van der Waals surface area (Å²) in [6.45, 7) is 5.36. The van der Waals surface area contributed by atoms with Gasteiger partial charge in [-0.15, -0.1) is 0 Å². The van der Waals surface area contributed by atoms with Gasteiger partial charge in [0.25, 0.3) is 0 Å². The first-order chi connectivity index (χ1) is 19.3. The number of aromatic nitrogens is 2. The smallest absolute Gasteiger partial charge is 0.213 e. The van der Waals surface area contributed by atoms with Gasteiger partial charge in [-0.3, -0.25) is 0 Å². The van der Waals surface area contributed by atoms with Crippen molar-refractivity contribution in [1.82, 2.24) is 4.57 Å². The van der Waals surface area contributed by atoms with Gasteiger partial charge in [-0.25, -0.2) is 0 Å². The molecule has 0 radical (unpaired) electrons. The lowest BCUT2D eigenvalue weighted by Gasteiger charge is -2.08. The van der Waals surface area contributed by atoms with Gasteiger partial charge in [0, 0.05) is 54.7 Å². The van der Waals surface area contributed by atoms with Crippen LogP contribution < -0.4 is 4.57 Å². The van der Waals surface area contributed by atoms with Crippen molar-refractivity contribution in [3.63, 3.8) is 0 Å². The maximum Gasteiger partial charge on any atom is 0.213 e. The van der Waals surface area contributed by atoms with Crippen LogP contribution in [0.1, 0.15) is 11.1 Å². The van der Waals surface area contributed by atoms with Crippen LogP contribution in [0.2, 0.25) is 0 Å². The quantitative estimate of drug-likeness (QED) is 0.137. The first kappa shape index (κ1) is 27.0. The molecule has 39 heavy (non-hydrogen) atoms. The van der Waals surface area contributed by atoms with E-state index in [1.807, 2.05) is 0 Å². The fourth-order valence-electron chi connectivity index (χ4n) is 5.06. The van der Waals surface area contributed by atoms with Gasteiger partial charge >= 0.3 is 0 Å². The lowest BCUT2D eigenvalue weighted by Crippen LogP contribution is -2.36. The molecule has 5 rings (SSSR count). The van der Waals surface area contributed by atoms with E-state index in [0.29, 0.717) is 39.6 Å². The first-order valence-electron chi connectivity index (χ1n) is 13.5. The molecule has 0 bridgehead atoms. The lowest BCUT2D eigenvalue weighted by atomic mass is 10.1. The summed E-state index contributed by atoms with van der Waals surface area (Å²) in [5.41, 5.74) is 6.02. The van der Waals surface area contributed by atoms with Crippen molar-refractivity contribution in [2.75, 3.05) is 53.9 Å². The standard InChI is InChI=1S/C33H37N2O4/c1-36-21-23-38-19-17-34-16-15-27(28-7-3-5-9-31(28)34)13-11-26-12-14-33-30(25-26)29-8-4-6-10-32(29)35(33)18-20-39-24-22-37-2/h3-16,25H,17-24H2,1-2H3/q+1. The van der Waals surface area contributed by atoms with Crippen LogP contribution in [0.25, 0.3) is 44.9 Å². The Balaban J connectivity index is 1.39. The highest BCUT2D eigenvalue weighted by Gasteiger charge is 2.12. The minimum absolute atomic E-state index is 0.610. The summed E-state index contributed by atoms with van der Waals surface area (Å²) in [7, 11) is 3.39. The van der Waals surface area contributed by atoms with Crippen molar-refractivity contribution in [2.24, 2.45) is 0 Å². The molecule has 0 aliphatic rings. The Morgan fingerprint density at radius 3 is 2.21 bits per heavy atom. The van der Waals surface area contributed by atoms with Gasteiger partial charge in [0.05, 0.1) is 38.4 Å². The van der Waals surface area contributed by atoms with E-state index < -0.39 is 0 Å². The Kier molecular flexibility index (Phi) is 9.35. The maximum absolute atomic E-state index is 5.77. The van der Waals surface area contributed by atoms with Crippen LogP contribution in [0, 0.1) is 0 Å². The zero-order chi connectivity index (χ0) is 26.9. The average molecular weight is 526 g/mol. The van der Waals surface area contributed by atoms with Crippen molar-refractivity contribution < 1.29 is 23.5 Å². The van der Waals surface area contributed by atoms with Gasteiger partial charge in [0.15, 0.2) is 12.7 Å². The number of ether oxygens (including phenoxy) is 4. The van der Waals surface area contributed by atoms with E-state index in [1.165, 1.54) is 43.8 Å². The Morgan fingerprint density at radius 1 is 0.667 bits per heavy atom. The molecule has 3 aromatic carbocycles. The monoisotopic (exact) mass is 525 g/mol. The summed E-state index contributed by atoms with van der Waals surface area (Å²) < 4.78 is 26.2. The largest absolute Gasteiger partial charge is 0.382 e. The number of nitrogens with zero attached hydrogens (tertiary/aromatic N) is 2. The molecule has 0 saturated heterocycles. The van der Waals surface area contributed by atoms with Crippen LogP contribution in [-0.4, -0.2) is 58.4 Å². The van der Waals surface area contributed by atoms with E-state index in [9.17, 15) is 0 Å². The molecule has 0 amide bonds. The fourth-order valence-corrected chi connectivity index (χ4v) is 5.06.